The molecule has 1 aliphatic rings. The number of ether oxygens (including phenoxy) is 1. The van der Waals surface area contributed by atoms with E-state index >= 15 is 0 Å². The van der Waals surface area contributed by atoms with Gasteiger partial charge in [0.15, 0.2) is 0 Å². The van der Waals surface area contributed by atoms with Crippen molar-refractivity contribution >= 4 is 21.4 Å². The maximum absolute atomic E-state index is 12.2. The van der Waals surface area contributed by atoms with Crippen LogP contribution >= 0.6 is 11.3 Å². The van der Waals surface area contributed by atoms with Gasteiger partial charge in [-0.3, -0.25) is 0 Å². The quantitative estimate of drug-likeness (QED) is 0.843. The van der Waals surface area contributed by atoms with Crippen molar-refractivity contribution in [3.05, 3.63) is 46.2 Å². The number of hydrogen-bond donors (Lipinski definition) is 1. The molecule has 1 saturated carbocycles. The van der Waals surface area contributed by atoms with Crippen LogP contribution in [-0.4, -0.2) is 15.0 Å². The van der Waals surface area contributed by atoms with E-state index in [2.05, 4.69) is 4.72 Å². The summed E-state index contributed by atoms with van der Waals surface area (Å²) in [5, 5.41) is 3.38. The second kappa shape index (κ2) is 6.40. The molecule has 0 aliphatic heterocycles. The van der Waals surface area contributed by atoms with Crippen molar-refractivity contribution in [1.82, 2.24) is 4.72 Å². The molecule has 0 amide bonds. The summed E-state index contributed by atoms with van der Waals surface area (Å²) in [6.45, 7) is 2.95. The number of thiophene rings is 1. The highest BCUT2D eigenvalue weighted by Gasteiger charge is 2.22. The van der Waals surface area contributed by atoms with E-state index in [1.54, 1.807) is 16.8 Å². The molecule has 1 aliphatic carbocycles. The van der Waals surface area contributed by atoms with Gasteiger partial charge in [0.2, 0.25) is 10.0 Å². The summed E-state index contributed by atoms with van der Waals surface area (Å²) in [6, 6.07) is 7.47. The fraction of sp³-hybridized carbons (Fsp3) is 0.375. The molecule has 1 N–H and O–H groups in total. The molecule has 22 heavy (non-hydrogen) atoms. The van der Waals surface area contributed by atoms with Crippen molar-refractivity contribution in [2.24, 2.45) is 5.92 Å². The van der Waals surface area contributed by atoms with Crippen LogP contribution in [0.5, 0.6) is 5.75 Å². The van der Waals surface area contributed by atoms with Gasteiger partial charge in [-0.2, -0.15) is 11.3 Å². The van der Waals surface area contributed by atoms with Crippen LogP contribution in [0, 0.1) is 12.8 Å². The van der Waals surface area contributed by atoms with Crippen LogP contribution in [0.4, 0.5) is 0 Å². The maximum atomic E-state index is 12.2. The van der Waals surface area contributed by atoms with Gasteiger partial charge < -0.3 is 4.74 Å². The average Bonchev–Trinajstić information content (AvgIpc) is 3.14. The van der Waals surface area contributed by atoms with E-state index < -0.39 is 10.0 Å². The van der Waals surface area contributed by atoms with Gasteiger partial charge in [0.05, 0.1) is 11.5 Å². The summed E-state index contributed by atoms with van der Waals surface area (Å²) in [6.07, 6.45) is 2.46. The zero-order chi connectivity index (χ0) is 15.6. The molecule has 1 aromatic heterocycles. The van der Waals surface area contributed by atoms with Gasteiger partial charge >= 0.3 is 0 Å². The Morgan fingerprint density at radius 2 is 2.14 bits per heavy atom. The lowest BCUT2D eigenvalue weighted by molar-refractivity contribution is 0.296. The molecule has 0 saturated heterocycles. The van der Waals surface area contributed by atoms with E-state index in [4.69, 9.17) is 4.74 Å². The minimum Gasteiger partial charge on any atom is -0.493 e. The summed E-state index contributed by atoms with van der Waals surface area (Å²) in [7, 11) is -3.46. The molecule has 0 bridgehead atoms. The van der Waals surface area contributed by atoms with Crippen LogP contribution < -0.4 is 9.46 Å². The Balaban J connectivity index is 1.71. The molecule has 0 spiro atoms. The van der Waals surface area contributed by atoms with Gasteiger partial charge in [0.25, 0.3) is 0 Å². The van der Waals surface area contributed by atoms with Gasteiger partial charge in [0, 0.05) is 17.5 Å². The highest BCUT2D eigenvalue weighted by molar-refractivity contribution is 7.89. The summed E-state index contributed by atoms with van der Waals surface area (Å²) in [5.74, 6) is 1.44. The van der Waals surface area contributed by atoms with Crippen molar-refractivity contribution in [3.63, 3.8) is 0 Å². The van der Waals surface area contributed by atoms with Gasteiger partial charge in [0.1, 0.15) is 5.75 Å². The highest BCUT2D eigenvalue weighted by Crippen LogP contribution is 2.30. The first-order valence-electron chi connectivity index (χ1n) is 7.29. The Kier molecular flexibility index (Phi) is 4.52. The molecule has 2 aromatic rings. The molecule has 0 unspecified atom stereocenters. The van der Waals surface area contributed by atoms with Gasteiger partial charge in [-0.05, 0) is 48.8 Å². The molecular formula is C16H19NO3S2. The number of nitrogens with one attached hydrogen (secondary N) is 1. The summed E-state index contributed by atoms with van der Waals surface area (Å²) in [4.78, 5) is 0.310. The van der Waals surface area contributed by atoms with Crippen LogP contribution in [0.3, 0.4) is 0 Å². The van der Waals surface area contributed by atoms with E-state index in [9.17, 15) is 8.42 Å². The normalized spacial score (nSPS) is 15.0. The first-order valence-corrected chi connectivity index (χ1v) is 9.71. The minimum atomic E-state index is -3.46. The molecular weight excluding hydrogens is 318 g/mol. The number of benzene rings is 1. The van der Waals surface area contributed by atoms with E-state index in [1.807, 2.05) is 25.1 Å². The molecule has 0 atom stereocenters. The van der Waals surface area contributed by atoms with E-state index in [1.165, 1.54) is 24.2 Å². The van der Waals surface area contributed by atoms with Crippen LogP contribution in [0.25, 0.3) is 0 Å². The van der Waals surface area contributed by atoms with Gasteiger partial charge in [-0.15, -0.1) is 0 Å². The summed E-state index contributed by atoms with van der Waals surface area (Å²) >= 11 is 1.37. The SMILES string of the molecule is Cc1ccc(CNS(=O)(=O)c2ccsc2)c(OCC2CC2)c1. The molecule has 6 heteroatoms. The van der Waals surface area contributed by atoms with Gasteiger partial charge in [-0.25, -0.2) is 13.1 Å². The Bertz CT molecular complexity index is 735. The molecule has 0 radical (unpaired) electrons. The van der Waals surface area contributed by atoms with E-state index in [0.717, 1.165) is 16.9 Å². The number of hydrogen-bond acceptors (Lipinski definition) is 4. The molecule has 4 nitrogen and oxygen atoms in total. The third-order valence-corrected chi connectivity index (χ3v) is 5.88. The molecule has 3 rings (SSSR count). The largest absolute Gasteiger partial charge is 0.493 e. The van der Waals surface area contributed by atoms with E-state index in [0.29, 0.717) is 17.4 Å². The van der Waals surface area contributed by atoms with Crippen LogP contribution in [-0.2, 0) is 16.6 Å². The van der Waals surface area contributed by atoms with Crippen LogP contribution in [0.1, 0.15) is 24.0 Å². The van der Waals surface area contributed by atoms with Crippen LogP contribution in [0.2, 0.25) is 0 Å². The monoisotopic (exact) mass is 337 g/mol. The number of rotatable bonds is 7. The number of aryl methyl sites for hydroxylation is 1. The smallest absolute Gasteiger partial charge is 0.241 e. The zero-order valence-electron chi connectivity index (χ0n) is 12.4. The fourth-order valence-corrected chi connectivity index (χ4v) is 4.13. The van der Waals surface area contributed by atoms with E-state index in [-0.39, 0.29) is 6.54 Å². The number of sulfonamides is 1. The standard InChI is InChI=1S/C16H19NO3S2/c1-12-2-5-14(16(8-12)20-10-13-3-4-13)9-17-22(18,19)15-6-7-21-11-15/h2,5-8,11,13,17H,3-4,9-10H2,1H3. The molecule has 1 aromatic carbocycles. The van der Waals surface area contributed by atoms with Crippen molar-refractivity contribution in [2.45, 2.75) is 31.2 Å². The lowest BCUT2D eigenvalue weighted by atomic mass is 10.1. The lowest BCUT2D eigenvalue weighted by Crippen LogP contribution is -2.23. The van der Waals surface area contributed by atoms with Crippen molar-refractivity contribution < 1.29 is 13.2 Å². The maximum Gasteiger partial charge on any atom is 0.241 e. The minimum absolute atomic E-state index is 0.235. The predicted octanol–water partition coefficient (Wildman–Crippen LogP) is 3.32. The Labute approximate surface area is 135 Å². The zero-order valence-corrected chi connectivity index (χ0v) is 14.0. The third kappa shape index (κ3) is 3.88. The molecule has 118 valence electrons. The first kappa shape index (κ1) is 15.5. The van der Waals surface area contributed by atoms with Crippen molar-refractivity contribution in [3.8, 4) is 5.75 Å². The second-order valence-electron chi connectivity index (χ2n) is 5.65. The summed E-state index contributed by atoms with van der Waals surface area (Å²) < 4.78 is 32.9. The van der Waals surface area contributed by atoms with Crippen molar-refractivity contribution in [1.29, 1.82) is 0 Å². The fourth-order valence-electron chi connectivity index (χ4n) is 2.10. The first-order chi connectivity index (χ1) is 10.5. The second-order valence-corrected chi connectivity index (χ2v) is 8.20. The predicted molar refractivity (Wildman–Crippen MR) is 87.7 cm³/mol. The Hall–Kier alpha value is -1.37. The Morgan fingerprint density at radius 3 is 2.82 bits per heavy atom. The van der Waals surface area contributed by atoms with Gasteiger partial charge in [-0.1, -0.05) is 12.1 Å². The summed E-state index contributed by atoms with van der Waals surface area (Å²) in [5.41, 5.74) is 1.97. The van der Waals surface area contributed by atoms with Crippen LogP contribution in [0.15, 0.2) is 39.9 Å². The Morgan fingerprint density at radius 1 is 1.32 bits per heavy atom. The van der Waals surface area contributed by atoms with Crippen molar-refractivity contribution in [2.75, 3.05) is 6.61 Å². The highest BCUT2D eigenvalue weighted by atomic mass is 32.2. The third-order valence-electron chi connectivity index (χ3n) is 3.65. The topological polar surface area (TPSA) is 55.4 Å². The average molecular weight is 337 g/mol. The molecule has 1 fully saturated rings. The lowest BCUT2D eigenvalue weighted by Gasteiger charge is -2.13. The molecule has 1 heterocycles.